The molecular formula is C23H22O5Si. The lowest BCUT2D eigenvalue weighted by atomic mass is 10.3. The van der Waals surface area contributed by atoms with Gasteiger partial charge in [0.05, 0.1) is 0 Å². The summed E-state index contributed by atoms with van der Waals surface area (Å²) in [6.07, 6.45) is 0. The molecule has 0 atom stereocenters. The van der Waals surface area contributed by atoms with Crippen LogP contribution in [0.3, 0.4) is 0 Å². The molecule has 148 valence electrons. The number of ether oxygens (including phenoxy) is 1. The van der Waals surface area contributed by atoms with Crippen molar-refractivity contribution >= 4 is 14.8 Å². The minimum atomic E-state index is -3.30. The first kappa shape index (κ1) is 20.2. The van der Waals surface area contributed by atoms with Crippen LogP contribution in [-0.2, 0) is 4.79 Å². The van der Waals surface area contributed by atoms with Gasteiger partial charge in [-0.25, -0.2) is 4.79 Å². The molecule has 0 saturated carbocycles. The summed E-state index contributed by atoms with van der Waals surface area (Å²) in [7, 11) is -3.30. The maximum Gasteiger partial charge on any atom is 0.696 e. The van der Waals surface area contributed by atoms with Crippen molar-refractivity contribution in [3.63, 3.8) is 0 Å². The van der Waals surface area contributed by atoms with Crippen LogP contribution in [0, 0.1) is 0 Å². The van der Waals surface area contributed by atoms with E-state index in [-0.39, 0.29) is 5.75 Å². The molecule has 29 heavy (non-hydrogen) atoms. The van der Waals surface area contributed by atoms with E-state index in [1.165, 1.54) is 0 Å². The zero-order valence-electron chi connectivity index (χ0n) is 16.3. The highest BCUT2D eigenvalue weighted by atomic mass is 28.4. The fourth-order valence-corrected chi connectivity index (χ4v) is 4.29. The molecule has 3 aromatic carbocycles. The Kier molecular flexibility index (Phi) is 6.36. The van der Waals surface area contributed by atoms with E-state index in [1.807, 2.05) is 60.7 Å². The van der Waals surface area contributed by atoms with E-state index in [4.69, 9.17) is 18.0 Å². The van der Waals surface area contributed by atoms with E-state index >= 15 is 0 Å². The number of para-hydroxylation sites is 4. The van der Waals surface area contributed by atoms with Gasteiger partial charge in [-0.3, -0.25) is 0 Å². The summed E-state index contributed by atoms with van der Waals surface area (Å²) < 4.78 is 23.9. The van der Waals surface area contributed by atoms with Crippen molar-refractivity contribution in [3.05, 3.63) is 97.1 Å². The fraction of sp³-hybridized carbons (Fsp3) is 0.0870. The maximum absolute atomic E-state index is 12.0. The highest BCUT2D eigenvalue weighted by Crippen LogP contribution is 2.31. The fourth-order valence-electron chi connectivity index (χ4n) is 2.47. The number of rotatable bonds is 8. The SMILES string of the molecule is C=C(C)C(=O)Oc1ccccc1O[Si](C)(Oc1ccccc1)Oc1ccccc1. The Hall–Kier alpha value is -3.51. The number of hydrogen-bond acceptors (Lipinski definition) is 5. The van der Waals surface area contributed by atoms with Crippen molar-refractivity contribution in [1.82, 2.24) is 0 Å². The van der Waals surface area contributed by atoms with Crippen molar-refractivity contribution in [2.45, 2.75) is 13.5 Å². The Balaban J connectivity index is 1.91. The average molecular weight is 407 g/mol. The van der Waals surface area contributed by atoms with Gasteiger partial charge in [-0.2, -0.15) is 0 Å². The van der Waals surface area contributed by atoms with Crippen LogP contribution in [0.25, 0.3) is 0 Å². The van der Waals surface area contributed by atoms with E-state index < -0.39 is 14.8 Å². The Morgan fingerprint density at radius 3 is 1.66 bits per heavy atom. The largest absolute Gasteiger partial charge is 0.696 e. The van der Waals surface area contributed by atoms with Crippen LogP contribution < -0.4 is 18.0 Å². The molecule has 0 unspecified atom stereocenters. The third kappa shape index (κ3) is 5.73. The second kappa shape index (κ2) is 9.12. The Morgan fingerprint density at radius 1 is 0.724 bits per heavy atom. The molecule has 0 N–H and O–H groups in total. The lowest BCUT2D eigenvalue weighted by molar-refractivity contribution is -0.130. The monoisotopic (exact) mass is 406 g/mol. The molecule has 0 heterocycles. The first-order valence-electron chi connectivity index (χ1n) is 9.09. The minimum Gasteiger partial charge on any atom is -0.484 e. The first-order valence-corrected chi connectivity index (χ1v) is 11.3. The van der Waals surface area contributed by atoms with Crippen LogP contribution >= 0.6 is 0 Å². The molecule has 0 amide bonds. The highest BCUT2D eigenvalue weighted by Gasteiger charge is 2.43. The van der Waals surface area contributed by atoms with Gasteiger partial charge in [-0.15, -0.1) is 0 Å². The van der Waals surface area contributed by atoms with Gasteiger partial charge in [-0.05, 0) is 43.3 Å². The van der Waals surface area contributed by atoms with E-state index in [2.05, 4.69) is 6.58 Å². The quantitative estimate of drug-likeness (QED) is 0.221. The smallest absolute Gasteiger partial charge is 0.484 e. The highest BCUT2D eigenvalue weighted by molar-refractivity contribution is 6.61. The topological polar surface area (TPSA) is 54.0 Å². The molecule has 0 aliphatic carbocycles. The van der Waals surface area contributed by atoms with Gasteiger partial charge in [0, 0.05) is 12.1 Å². The van der Waals surface area contributed by atoms with E-state index in [0.717, 1.165) is 0 Å². The van der Waals surface area contributed by atoms with Gasteiger partial charge in [0.15, 0.2) is 11.5 Å². The van der Waals surface area contributed by atoms with E-state index in [1.54, 1.807) is 37.7 Å². The third-order valence-electron chi connectivity index (χ3n) is 3.79. The lowest BCUT2D eigenvalue weighted by Crippen LogP contribution is -2.52. The van der Waals surface area contributed by atoms with Crippen LogP contribution in [0.4, 0.5) is 0 Å². The average Bonchev–Trinajstić information content (AvgIpc) is 2.70. The van der Waals surface area contributed by atoms with Crippen molar-refractivity contribution in [1.29, 1.82) is 0 Å². The van der Waals surface area contributed by atoms with Crippen LogP contribution in [-0.4, -0.2) is 14.8 Å². The Morgan fingerprint density at radius 2 is 1.17 bits per heavy atom. The molecule has 0 spiro atoms. The van der Waals surface area contributed by atoms with Gasteiger partial charge in [0.2, 0.25) is 0 Å². The molecule has 0 radical (unpaired) electrons. The summed E-state index contributed by atoms with van der Waals surface area (Å²) in [5, 5.41) is 0. The van der Waals surface area contributed by atoms with Crippen LogP contribution in [0.5, 0.6) is 23.0 Å². The summed E-state index contributed by atoms with van der Waals surface area (Å²) in [5.41, 5.74) is 0.292. The normalized spacial score (nSPS) is 10.7. The van der Waals surface area contributed by atoms with E-state index in [9.17, 15) is 4.79 Å². The van der Waals surface area contributed by atoms with Crippen molar-refractivity contribution in [2.75, 3.05) is 0 Å². The molecule has 0 bridgehead atoms. The van der Waals surface area contributed by atoms with Gasteiger partial charge in [0.1, 0.15) is 11.5 Å². The number of esters is 1. The van der Waals surface area contributed by atoms with Gasteiger partial charge in [-0.1, -0.05) is 55.1 Å². The molecule has 6 heteroatoms. The Bertz CT molecular complexity index is 931. The summed E-state index contributed by atoms with van der Waals surface area (Å²) in [5.74, 6) is 1.33. The van der Waals surface area contributed by atoms with Crippen molar-refractivity contribution < 1.29 is 22.8 Å². The standard InChI is InChI=1S/C23H22O5Si/c1-18(2)23(24)25-21-16-10-11-17-22(21)28-29(3,26-19-12-6-4-7-13-19)27-20-14-8-5-9-15-20/h4-17H,1H2,2-3H3. The van der Waals surface area contributed by atoms with Gasteiger partial charge < -0.3 is 18.0 Å². The van der Waals surface area contributed by atoms with Crippen LogP contribution in [0.1, 0.15) is 6.92 Å². The molecule has 3 aromatic rings. The summed E-state index contributed by atoms with van der Waals surface area (Å²) >= 11 is 0. The summed E-state index contributed by atoms with van der Waals surface area (Å²) in [6, 6.07) is 25.5. The number of carbonyl (C=O) groups excluding carboxylic acids is 1. The van der Waals surface area contributed by atoms with Gasteiger partial charge >= 0.3 is 14.8 Å². The number of hydrogen-bond donors (Lipinski definition) is 0. The minimum absolute atomic E-state index is 0.271. The molecule has 0 saturated heterocycles. The predicted molar refractivity (Wildman–Crippen MR) is 113 cm³/mol. The molecule has 0 aliphatic rings. The summed E-state index contributed by atoms with van der Waals surface area (Å²) in [6.45, 7) is 6.98. The molecule has 5 nitrogen and oxygen atoms in total. The van der Waals surface area contributed by atoms with Crippen molar-refractivity contribution in [3.8, 4) is 23.0 Å². The molecule has 3 rings (SSSR count). The van der Waals surface area contributed by atoms with Crippen LogP contribution in [0.15, 0.2) is 97.1 Å². The maximum atomic E-state index is 12.0. The Labute approximate surface area is 171 Å². The lowest BCUT2D eigenvalue weighted by Gasteiger charge is -2.28. The van der Waals surface area contributed by atoms with Gasteiger partial charge in [0.25, 0.3) is 0 Å². The zero-order valence-corrected chi connectivity index (χ0v) is 17.3. The number of carbonyl (C=O) groups is 1. The number of benzene rings is 3. The molecule has 0 aromatic heterocycles. The third-order valence-corrected chi connectivity index (χ3v) is 5.59. The van der Waals surface area contributed by atoms with E-state index in [0.29, 0.717) is 22.8 Å². The zero-order chi connectivity index (χ0) is 20.7. The molecular weight excluding hydrogens is 384 g/mol. The predicted octanol–water partition coefficient (Wildman–Crippen LogP) is 5.27. The summed E-state index contributed by atoms with van der Waals surface area (Å²) in [4.78, 5) is 12.0. The molecule has 0 aliphatic heterocycles. The van der Waals surface area contributed by atoms with Crippen molar-refractivity contribution in [2.24, 2.45) is 0 Å². The second-order valence-electron chi connectivity index (χ2n) is 6.41. The molecule has 0 fully saturated rings. The first-order chi connectivity index (χ1) is 14.0. The van der Waals surface area contributed by atoms with Crippen LogP contribution in [0.2, 0.25) is 6.55 Å². The second-order valence-corrected chi connectivity index (χ2v) is 8.75.